The average molecular weight is 1030 g/mol. The SMILES string of the molecule is CCCCCCCCCCCCCC[C@@]1(C(=O)SCCNC(=O)CCNC(=O)C(O)C(C)(C)COP(=O)(O)OP(=O)(O)OC[C@H]2O[C@@H](n3cnc4c(N)ncnc43)[C@H](O)[C@@H]2OP(=O)(O)O)CO1. The minimum atomic E-state index is -5.58. The third kappa shape index (κ3) is 18.7. The fourth-order valence-corrected chi connectivity index (χ4v) is 10.8. The number of nitrogens with one attached hydrogen (secondary N) is 2. The van der Waals surface area contributed by atoms with E-state index >= 15 is 0 Å². The molecule has 67 heavy (non-hydrogen) atoms. The molecule has 0 bridgehead atoms. The summed E-state index contributed by atoms with van der Waals surface area (Å²) in [5.74, 6) is -1.11. The van der Waals surface area contributed by atoms with Gasteiger partial charge in [-0.05, 0) is 12.8 Å². The molecule has 8 atom stereocenters. The quantitative estimate of drug-likeness (QED) is 0.0280. The monoisotopic (exact) mass is 1030 g/mol. The summed E-state index contributed by atoms with van der Waals surface area (Å²) in [5.41, 5.74) is 3.54. The molecule has 0 spiro atoms. The van der Waals surface area contributed by atoms with Gasteiger partial charge in [0.25, 0.3) is 0 Å². The van der Waals surface area contributed by atoms with Crippen LogP contribution in [0.4, 0.5) is 5.82 Å². The summed E-state index contributed by atoms with van der Waals surface area (Å²) in [6.45, 7) is 3.13. The molecule has 0 saturated carbocycles. The van der Waals surface area contributed by atoms with E-state index in [9.17, 15) is 57.9 Å². The molecule has 25 nitrogen and oxygen atoms in total. The summed E-state index contributed by atoms with van der Waals surface area (Å²) in [4.78, 5) is 89.1. The summed E-state index contributed by atoms with van der Waals surface area (Å²) in [6.07, 6.45) is 8.48. The van der Waals surface area contributed by atoms with Gasteiger partial charge in [0.2, 0.25) is 16.9 Å². The Labute approximate surface area is 392 Å². The molecule has 2 aromatic rings. The Balaban J connectivity index is 1.11. The molecule has 382 valence electrons. The van der Waals surface area contributed by atoms with Crippen molar-refractivity contribution in [2.75, 3.05) is 44.4 Å². The van der Waals surface area contributed by atoms with Gasteiger partial charge in [0.15, 0.2) is 23.3 Å². The summed E-state index contributed by atoms with van der Waals surface area (Å²) in [6, 6.07) is 0. The number of hydrogen-bond acceptors (Lipinski definition) is 19. The lowest BCUT2D eigenvalue weighted by Gasteiger charge is -2.30. The summed E-state index contributed by atoms with van der Waals surface area (Å²) in [5, 5.41) is 26.6. The van der Waals surface area contributed by atoms with E-state index in [-0.39, 0.29) is 41.6 Å². The standard InChI is InChI=1S/C38H66N7O18P3S/c1-4-5-6-7-8-9-10-11-12-13-14-15-17-38(23-58-38)36(50)67-20-19-40-27(46)16-18-41-34(49)31(48)37(2,3)22-60-66(56,57)63-65(54,55)59-21-26-30(62-64(51,52)53)29(47)35(61-26)45-25-44-28-32(39)42-24-43-33(28)45/h24-26,29-31,35,47-48H,4-23H2,1-3H3,(H,40,46)(H,41,49)(H,54,55)(H,56,57)(H2,39,42,43)(H2,51,52,53)/t26-,29-,30-,31?,35-,38+/m1/s1. The van der Waals surface area contributed by atoms with Crippen molar-refractivity contribution in [3.8, 4) is 0 Å². The number of nitrogens with zero attached hydrogens (tertiary/aromatic N) is 4. The van der Waals surface area contributed by atoms with Crippen molar-refractivity contribution >= 4 is 69.1 Å². The average Bonchev–Trinajstić information content (AvgIpc) is 3.83. The van der Waals surface area contributed by atoms with Crippen LogP contribution < -0.4 is 16.4 Å². The van der Waals surface area contributed by atoms with Crippen molar-refractivity contribution in [1.82, 2.24) is 30.2 Å². The highest BCUT2D eigenvalue weighted by Gasteiger charge is 2.52. The van der Waals surface area contributed by atoms with E-state index in [0.29, 0.717) is 18.8 Å². The van der Waals surface area contributed by atoms with Gasteiger partial charge in [-0.1, -0.05) is 103 Å². The largest absolute Gasteiger partial charge is 0.481 e. The van der Waals surface area contributed by atoms with Crippen LogP contribution in [-0.2, 0) is 55.4 Å². The molecular weight excluding hydrogens is 967 g/mol. The minimum absolute atomic E-state index is 0.0317. The highest BCUT2D eigenvalue weighted by molar-refractivity contribution is 8.13. The number of carbonyl (C=O) groups is 3. The van der Waals surface area contributed by atoms with E-state index in [1.807, 2.05) is 0 Å². The zero-order chi connectivity index (χ0) is 49.5. The van der Waals surface area contributed by atoms with Crippen LogP contribution in [0, 0.1) is 5.41 Å². The van der Waals surface area contributed by atoms with Crippen LogP contribution in [0.15, 0.2) is 12.7 Å². The topological polar surface area (TPSA) is 376 Å². The zero-order valence-electron chi connectivity index (χ0n) is 37.9. The first kappa shape index (κ1) is 57.1. The molecule has 2 aliphatic rings. The van der Waals surface area contributed by atoms with Gasteiger partial charge < -0.3 is 55.6 Å². The number of thioether (sulfide) groups is 1. The Morgan fingerprint density at radius 3 is 2.16 bits per heavy atom. The van der Waals surface area contributed by atoms with Crippen LogP contribution >= 0.6 is 35.2 Å². The number of nitrogens with two attached hydrogens (primary N) is 1. The van der Waals surface area contributed by atoms with E-state index in [1.54, 1.807) is 0 Å². The van der Waals surface area contributed by atoms with Crippen molar-refractivity contribution in [3.63, 3.8) is 0 Å². The summed E-state index contributed by atoms with van der Waals surface area (Å²) in [7, 11) is -16.4. The van der Waals surface area contributed by atoms with Crippen molar-refractivity contribution in [1.29, 1.82) is 0 Å². The fraction of sp³-hybridized carbons (Fsp3) is 0.789. The third-order valence-electron chi connectivity index (χ3n) is 11.0. The Bertz CT molecular complexity index is 2080. The Morgan fingerprint density at radius 2 is 1.55 bits per heavy atom. The van der Waals surface area contributed by atoms with Gasteiger partial charge in [-0.15, -0.1) is 0 Å². The predicted octanol–water partition coefficient (Wildman–Crippen LogP) is 3.52. The molecular formula is C38H66N7O18P3S. The Morgan fingerprint density at radius 1 is 0.940 bits per heavy atom. The van der Waals surface area contributed by atoms with Gasteiger partial charge in [0.1, 0.15) is 36.3 Å². The molecule has 2 fully saturated rings. The first-order valence-corrected chi connectivity index (χ1v) is 27.7. The molecule has 10 N–H and O–H groups in total. The van der Waals surface area contributed by atoms with E-state index in [4.69, 9.17) is 24.3 Å². The number of aliphatic hydroxyl groups is 2. The molecule has 0 aliphatic carbocycles. The van der Waals surface area contributed by atoms with Crippen LogP contribution in [0.3, 0.4) is 0 Å². The van der Waals surface area contributed by atoms with E-state index in [1.165, 1.54) is 71.6 Å². The lowest BCUT2D eigenvalue weighted by Crippen LogP contribution is -2.46. The van der Waals surface area contributed by atoms with Crippen LogP contribution in [0.5, 0.6) is 0 Å². The molecule has 4 heterocycles. The first-order chi connectivity index (χ1) is 31.5. The van der Waals surface area contributed by atoms with Crippen LogP contribution in [-0.4, -0.2) is 135 Å². The van der Waals surface area contributed by atoms with E-state index < -0.39 is 90.2 Å². The number of phosphoric acid groups is 3. The number of fused-ring (bicyclic) bond motifs is 1. The van der Waals surface area contributed by atoms with E-state index in [2.05, 4.69) is 41.3 Å². The highest BCUT2D eigenvalue weighted by Crippen LogP contribution is 2.61. The van der Waals surface area contributed by atoms with Crippen LogP contribution in [0.1, 0.15) is 117 Å². The Hall–Kier alpha value is -2.48. The lowest BCUT2D eigenvalue weighted by molar-refractivity contribution is -0.137. The maximum absolute atomic E-state index is 12.8. The second-order valence-corrected chi connectivity index (χ2v) is 22.4. The molecule has 2 amide bonds. The van der Waals surface area contributed by atoms with Gasteiger partial charge >= 0.3 is 23.5 Å². The molecule has 2 saturated heterocycles. The number of epoxide rings is 1. The van der Waals surface area contributed by atoms with Crippen molar-refractivity contribution in [2.24, 2.45) is 5.41 Å². The lowest BCUT2D eigenvalue weighted by atomic mass is 9.87. The first-order valence-electron chi connectivity index (χ1n) is 22.2. The number of carbonyl (C=O) groups excluding carboxylic acids is 3. The number of amides is 2. The van der Waals surface area contributed by atoms with Gasteiger partial charge in [0, 0.05) is 30.7 Å². The normalized spacial score (nSPS) is 23.1. The molecule has 0 radical (unpaired) electrons. The summed E-state index contributed by atoms with van der Waals surface area (Å²) < 4.78 is 68.0. The fourth-order valence-electron chi connectivity index (χ4n) is 7.11. The second kappa shape index (κ2) is 26.1. The minimum Gasteiger partial charge on any atom is -0.386 e. The van der Waals surface area contributed by atoms with Crippen molar-refractivity contribution in [3.05, 3.63) is 12.7 Å². The molecule has 0 aromatic carbocycles. The smallest absolute Gasteiger partial charge is 0.386 e. The highest BCUT2D eigenvalue weighted by atomic mass is 32.2. The number of nitrogen functional groups attached to an aromatic ring is 1. The van der Waals surface area contributed by atoms with Gasteiger partial charge in [-0.2, -0.15) is 4.31 Å². The molecule has 4 rings (SSSR count). The number of unbranched alkanes of at least 4 members (excludes halogenated alkanes) is 11. The Kier molecular flexibility index (Phi) is 22.3. The van der Waals surface area contributed by atoms with Crippen LogP contribution in [0.25, 0.3) is 11.2 Å². The molecule has 2 aromatic heterocycles. The van der Waals surface area contributed by atoms with Gasteiger partial charge in [0.05, 0.1) is 26.1 Å². The number of ether oxygens (including phenoxy) is 2. The maximum atomic E-state index is 12.8. The number of phosphoric ester groups is 3. The number of aromatic nitrogens is 4. The van der Waals surface area contributed by atoms with Gasteiger partial charge in [-0.3, -0.25) is 32.5 Å². The number of aliphatic hydroxyl groups excluding tert-OH is 2. The predicted molar refractivity (Wildman–Crippen MR) is 241 cm³/mol. The third-order valence-corrected chi connectivity index (χ3v) is 15.2. The zero-order valence-corrected chi connectivity index (χ0v) is 41.4. The second-order valence-electron chi connectivity index (χ2n) is 17.1. The molecule has 2 aliphatic heterocycles. The van der Waals surface area contributed by atoms with Gasteiger partial charge in [-0.25, -0.2) is 28.6 Å². The molecule has 29 heteroatoms. The number of hydrogen-bond donors (Lipinski definition) is 9. The number of rotatable bonds is 33. The molecule has 3 unspecified atom stereocenters. The number of imidazole rings is 1. The van der Waals surface area contributed by atoms with Crippen molar-refractivity contribution < 1.29 is 85.2 Å². The number of anilines is 1. The summed E-state index contributed by atoms with van der Waals surface area (Å²) >= 11 is 1.10. The van der Waals surface area contributed by atoms with E-state index in [0.717, 1.165) is 48.2 Å². The van der Waals surface area contributed by atoms with Crippen molar-refractivity contribution in [2.45, 2.75) is 147 Å². The van der Waals surface area contributed by atoms with Crippen LogP contribution in [0.2, 0.25) is 0 Å². The maximum Gasteiger partial charge on any atom is 0.481 e.